The summed E-state index contributed by atoms with van der Waals surface area (Å²) in [4.78, 5) is 18.1. The van der Waals surface area contributed by atoms with Crippen molar-refractivity contribution in [1.29, 1.82) is 0 Å². The number of ether oxygens (including phenoxy) is 1. The van der Waals surface area contributed by atoms with Gasteiger partial charge in [-0.1, -0.05) is 48.5 Å². The highest BCUT2D eigenvalue weighted by atomic mass is 16.5. The van der Waals surface area contributed by atoms with Crippen molar-refractivity contribution in [1.82, 2.24) is 14.8 Å². The van der Waals surface area contributed by atoms with Crippen molar-refractivity contribution >= 4 is 17.5 Å². The summed E-state index contributed by atoms with van der Waals surface area (Å²) < 4.78 is 7.14. The van der Waals surface area contributed by atoms with Crippen molar-refractivity contribution in [2.45, 2.75) is 25.8 Å². The highest BCUT2D eigenvalue weighted by Crippen LogP contribution is 2.39. The molecule has 32 heavy (non-hydrogen) atoms. The fraction of sp³-hybridized carbons (Fsp3) is 0.292. The largest absolute Gasteiger partial charge is 0.495 e. The van der Waals surface area contributed by atoms with Crippen LogP contribution in [0.2, 0.25) is 0 Å². The number of nitrogens with one attached hydrogen (secondary N) is 2. The number of carbonyl (C=O) groups excluding carboxylic acids is 1. The van der Waals surface area contributed by atoms with Gasteiger partial charge in [-0.2, -0.15) is 10.1 Å². The van der Waals surface area contributed by atoms with Crippen LogP contribution in [-0.4, -0.2) is 39.5 Å². The van der Waals surface area contributed by atoms with Crippen LogP contribution in [-0.2, 0) is 11.2 Å². The maximum Gasteiger partial charge on any atom is 0.236 e. The number of aliphatic hydroxyl groups is 1. The van der Waals surface area contributed by atoms with Crippen LogP contribution in [0.25, 0.3) is 0 Å². The Morgan fingerprint density at radius 2 is 2.09 bits per heavy atom. The average Bonchev–Trinajstić information content (AvgIpc) is 3.19. The molecule has 8 heteroatoms. The molecule has 1 amide bonds. The van der Waals surface area contributed by atoms with Crippen LogP contribution in [0.4, 0.5) is 11.6 Å². The molecule has 0 radical (unpaired) electrons. The monoisotopic (exact) mass is 433 g/mol. The predicted octanol–water partition coefficient (Wildman–Crippen LogP) is 3.30. The van der Waals surface area contributed by atoms with E-state index in [0.717, 1.165) is 11.1 Å². The molecule has 1 aliphatic heterocycles. The van der Waals surface area contributed by atoms with E-state index in [9.17, 15) is 9.90 Å². The van der Waals surface area contributed by atoms with E-state index < -0.39 is 12.0 Å². The lowest BCUT2D eigenvalue weighted by molar-refractivity contribution is -0.119. The molecule has 166 valence electrons. The van der Waals surface area contributed by atoms with E-state index in [4.69, 9.17) is 4.74 Å². The number of aliphatic hydroxyl groups excluding tert-OH is 1. The first-order valence-corrected chi connectivity index (χ1v) is 10.5. The van der Waals surface area contributed by atoms with Crippen molar-refractivity contribution in [3.05, 3.63) is 77.8 Å². The Bertz CT molecular complexity index is 1140. The van der Waals surface area contributed by atoms with Crippen LogP contribution in [0.3, 0.4) is 0 Å². The molecule has 0 saturated heterocycles. The Kier molecular flexibility index (Phi) is 6.23. The summed E-state index contributed by atoms with van der Waals surface area (Å²) in [6.07, 6.45) is 1.11. The van der Waals surface area contributed by atoms with Crippen LogP contribution >= 0.6 is 0 Å². The standard InChI is InChI=1S/C24H27N5O3/c1-15-8-6-9-17(14-15)22-21(23(31)26-18-10-4-5-11-19(18)32-3)16(2)25-24-27-20(12-7-13-30)28-29(22)24/h4-6,8-11,14,21-22,30H,2,7,12-13H2,1,3H3,(H,26,31)(H,25,27,28)/t21-,22-/m1/s1. The molecule has 0 bridgehead atoms. The van der Waals surface area contributed by atoms with Crippen molar-refractivity contribution in [3.63, 3.8) is 0 Å². The minimum Gasteiger partial charge on any atom is -0.495 e. The number of aromatic nitrogens is 3. The van der Waals surface area contributed by atoms with Gasteiger partial charge in [0.1, 0.15) is 11.7 Å². The highest BCUT2D eigenvalue weighted by Gasteiger charge is 2.40. The number of nitrogens with zero attached hydrogens (tertiary/aromatic N) is 3. The number of anilines is 2. The minimum absolute atomic E-state index is 0.0647. The van der Waals surface area contributed by atoms with Gasteiger partial charge >= 0.3 is 0 Å². The van der Waals surface area contributed by atoms with Crippen LogP contribution in [0, 0.1) is 12.8 Å². The topological polar surface area (TPSA) is 101 Å². The van der Waals surface area contributed by atoms with Gasteiger partial charge in [-0.05, 0) is 31.0 Å². The molecule has 0 aliphatic carbocycles. The molecule has 3 aromatic rings. The predicted molar refractivity (Wildman–Crippen MR) is 123 cm³/mol. The van der Waals surface area contributed by atoms with Gasteiger partial charge in [0.25, 0.3) is 0 Å². The van der Waals surface area contributed by atoms with E-state index in [-0.39, 0.29) is 12.5 Å². The van der Waals surface area contributed by atoms with E-state index in [1.807, 2.05) is 43.3 Å². The first-order valence-electron chi connectivity index (χ1n) is 10.5. The fourth-order valence-corrected chi connectivity index (χ4v) is 3.99. The summed E-state index contributed by atoms with van der Waals surface area (Å²) in [6.45, 7) is 6.22. The summed E-state index contributed by atoms with van der Waals surface area (Å²) in [5, 5.41) is 20.0. The van der Waals surface area contributed by atoms with E-state index in [1.165, 1.54) is 0 Å². The zero-order chi connectivity index (χ0) is 22.7. The summed E-state index contributed by atoms with van der Waals surface area (Å²) >= 11 is 0. The minimum atomic E-state index is -0.637. The molecule has 0 fully saturated rings. The lowest BCUT2D eigenvalue weighted by Crippen LogP contribution is -2.39. The van der Waals surface area contributed by atoms with Crippen LogP contribution in [0.1, 0.15) is 29.4 Å². The molecule has 4 rings (SSSR count). The number of aryl methyl sites for hydroxylation is 2. The van der Waals surface area contributed by atoms with Gasteiger partial charge in [-0.25, -0.2) is 4.68 Å². The van der Waals surface area contributed by atoms with Gasteiger partial charge in [0.15, 0.2) is 5.82 Å². The third-order valence-electron chi connectivity index (χ3n) is 5.49. The maximum absolute atomic E-state index is 13.5. The van der Waals surface area contributed by atoms with Gasteiger partial charge in [0, 0.05) is 18.7 Å². The summed E-state index contributed by atoms with van der Waals surface area (Å²) in [6, 6.07) is 14.9. The molecule has 2 heterocycles. The molecule has 8 nitrogen and oxygen atoms in total. The first-order chi connectivity index (χ1) is 15.5. The summed E-state index contributed by atoms with van der Waals surface area (Å²) in [5.41, 5.74) is 3.15. The Morgan fingerprint density at radius 3 is 2.84 bits per heavy atom. The Labute approximate surface area is 186 Å². The van der Waals surface area contributed by atoms with E-state index in [2.05, 4.69) is 27.3 Å². The number of rotatable bonds is 7. The average molecular weight is 434 g/mol. The molecular formula is C24H27N5O3. The molecule has 1 aromatic heterocycles. The smallest absolute Gasteiger partial charge is 0.236 e. The van der Waals surface area contributed by atoms with Crippen LogP contribution < -0.4 is 15.4 Å². The number of hydrogen-bond donors (Lipinski definition) is 3. The molecule has 0 spiro atoms. The highest BCUT2D eigenvalue weighted by molar-refractivity contribution is 5.97. The lowest BCUT2D eigenvalue weighted by atomic mass is 9.88. The second-order valence-electron chi connectivity index (χ2n) is 7.80. The maximum atomic E-state index is 13.5. The van der Waals surface area contributed by atoms with Crippen molar-refractivity contribution in [2.24, 2.45) is 5.92 Å². The third kappa shape index (κ3) is 4.22. The van der Waals surface area contributed by atoms with Gasteiger partial charge in [-0.3, -0.25) is 4.79 Å². The second kappa shape index (κ2) is 9.23. The first kappa shape index (κ1) is 21.6. The Morgan fingerprint density at radius 1 is 1.28 bits per heavy atom. The third-order valence-corrected chi connectivity index (χ3v) is 5.49. The molecule has 2 aromatic carbocycles. The number of fused-ring (bicyclic) bond motifs is 1. The van der Waals surface area contributed by atoms with Crippen molar-refractivity contribution in [2.75, 3.05) is 24.4 Å². The summed E-state index contributed by atoms with van der Waals surface area (Å²) in [7, 11) is 1.57. The second-order valence-corrected chi connectivity index (χ2v) is 7.80. The number of carbonyl (C=O) groups is 1. The zero-order valence-electron chi connectivity index (χ0n) is 18.2. The summed E-state index contributed by atoms with van der Waals surface area (Å²) in [5.74, 6) is 0.863. The van der Waals surface area contributed by atoms with Gasteiger partial charge < -0.3 is 20.5 Å². The van der Waals surface area contributed by atoms with Crippen molar-refractivity contribution in [3.8, 4) is 5.75 Å². The molecule has 3 N–H and O–H groups in total. The SMILES string of the molecule is C=C1Nc2nc(CCCO)nn2[C@H](c2cccc(C)c2)[C@@H]1C(=O)Nc1ccccc1OC. The number of amides is 1. The van der Waals surface area contributed by atoms with Gasteiger partial charge in [0.05, 0.1) is 18.8 Å². The number of hydrogen-bond acceptors (Lipinski definition) is 6. The van der Waals surface area contributed by atoms with Crippen LogP contribution in [0.15, 0.2) is 60.8 Å². The fourth-order valence-electron chi connectivity index (χ4n) is 3.99. The van der Waals surface area contributed by atoms with Gasteiger partial charge in [0.2, 0.25) is 11.9 Å². The Balaban J connectivity index is 1.75. The molecule has 0 saturated carbocycles. The van der Waals surface area contributed by atoms with Crippen LogP contribution in [0.5, 0.6) is 5.75 Å². The number of methoxy groups -OCH3 is 1. The van der Waals surface area contributed by atoms with Crippen molar-refractivity contribution < 1.29 is 14.6 Å². The number of para-hydroxylation sites is 2. The lowest BCUT2D eigenvalue weighted by Gasteiger charge is -2.34. The zero-order valence-corrected chi connectivity index (χ0v) is 18.2. The normalized spacial score (nSPS) is 17.4. The molecule has 0 unspecified atom stereocenters. The quantitative estimate of drug-likeness (QED) is 0.529. The van der Waals surface area contributed by atoms with E-state index in [1.54, 1.807) is 23.9 Å². The molecule has 2 atom stereocenters. The molecule has 1 aliphatic rings. The van der Waals surface area contributed by atoms with E-state index in [0.29, 0.717) is 41.7 Å². The van der Waals surface area contributed by atoms with Gasteiger partial charge in [-0.15, -0.1) is 0 Å². The number of benzene rings is 2. The van der Waals surface area contributed by atoms with E-state index >= 15 is 0 Å². The Hall–Kier alpha value is -3.65. The molecular weight excluding hydrogens is 406 g/mol.